The Kier molecular flexibility index (Phi) is 4.53. The van der Waals surface area contributed by atoms with Crippen molar-refractivity contribution >= 4 is 16.9 Å². The van der Waals surface area contributed by atoms with Gasteiger partial charge < -0.3 is 14.5 Å². The van der Waals surface area contributed by atoms with Crippen LogP contribution in [0.2, 0.25) is 0 Å². The number of furan rings is 1. The fourth-order valence-corrected chi connectivity index (χ4v) is 3.34. The van der Waals surface area contributed by atoms with Gasteiger partial charge in [0.25, 0.3) is 0 Å². The van der Waals surface area contributed by atoms with E-state index in [0.717, 1.165) is 41.7 Å². The molecule has 0 spiro atoms. The van der Waals surface area contributed by atoms with Gasteiger partial charge in [0.05, 0.1) is 12.5 Å². The molecule has 0 radical (unpaired) electrons. The van der Waals surface area contributed by atoms with Gasteiger partial charge in [0, 0.05) is 12.0 Å². The highest BCUT2D eigenvalue weighted by atomic mass is 16.5. The highest BCUT2D eigenvalue weighted by Gasteiger charge is 2.24. The van der Waals surface area contributed by atoms with Crippen molar-refractivity contribution < 1.29 is 13.9 Å². The number of nitrogens with one attached hydrogen (secondary N) is 1. The third-order valence-corrected chi connectivity index (χ3v) is 4.60. The molecule has 0 bridgehead atoms. The van der Waals surface area contributed by atoms with Crippen LogP contribution in [0.25, 0.3) is 11.0 Å². The largest absolute Gasteiger partial charge is 0.459 e. The molecule has 2 heterocycles. The Morgan fingerprint density at radius 1 is 1.12 bits per heavy atom. The zero-order chi connectivity index (χ0) is 17.1. The number of fused-ring (bicyclic) bond motifs is 1. The Hall–Kier alpha value is -2.59. The summed E-state index contributed by atoms with van der Waals surface area (Å²) in [6.45, 7) is 0.754. The van der Waals surface area contributed by atoms with E-state index in [1.807, 2.05) is 60.7 Å². The van der Waals surface area contributed by atoms with Crippen LogP contribution in [0.1, 0.15) is 36.6 Å². The van der Waals surface area contributed by atoms with Crippen LogP contribution < -0.4 is 5.32 Å². The van der Waals surface area contributed by atoms with Crippen molar-refractivity contribution in [1.82, 2.24) is 5.32 Å². The van der Waals surface area contributed by atoms with Crippen LogP contribution in [0.5, 0.6) is 0 Å². The van der Waals surface area contributed by atoms with Crippen molar-refractivity contribution in [1.29, 1.82) is 0 Å². The Bertz CT molecular complexity index is 817. The molecule has 1 aromatic heterocycles. The fourth-order valence-electron chi connectivity index (χ4n) is 3.34. The zero-order valence-corrected chi connectivity index (χ0v) is 14.0. The van der Waals surface area contributed by atoms with E-state index in [1.165, 1.54) is 0 Å². The molecule has 4 heteroatoms. The Morgan fingerprint density at radius 3 is 2.68 bits per heavy atom. The summed E-state index contributed by atoms with van der Waals surface area (Å²) in [7, 11) is 0. The van der Waals surface area contributed by atoms with Gasteiger partial charge in [-0.2, -0.15) is 0 Å². The van der Waals surface area contributed by atoms with Crippen LogP contribution >= 0.6 is 0 Å². The van der Waals surface area contributed by atoms with E-state index in [9.17, 15) is 4.79 Å². The van der Waals surface area contributed by atoms with E-state index in [2.05, 4.69) is 5.32 Å². The van der Waals surface area contributed by atoms with Crippen LogP contribution in [-0.2, 0) is 9.53 Å². The number of rotatable bonds is 5. The molecular formula is C21H21NO3. The van der Waals surface area contributed by atoms with Crippen LogP contribution in [0.15, 0.2) is 65.1 Å². The van der Waals surface area contributed by atoms with Gasteiger partial charge in [-0.15, -0.1) is 0 Å². The molecule has 25 heavy (non-hydrogen) atoms. The van der Waals surface area contributed by atoms with Crippen molar-refractivity contribution in [3.05, 3.63) is 72.0 Å². The third kappa shape index (κ3) is 3.59. The van der Waals surface area contributed by atoms with Crippen molar-refractivity contribution in [2.24, 2.45) is 0 Å². The second kappa shape index (κ2) is 7.11. The normalized spacial score (nSPS) is 18.3. The third-order valence-electron chi connectivity index (χ3n) is 4.60. The minimum absolute atomic E-state index is 0.0128. The number of carbonyl (C=O) groups is 1. The molecule has 0 saturated carbocycles. The molecule has 0 aliphatic carbocycles. The summed E-state index contributed by atoms with van der Waals surface area (Å²) in [5, 5.41) is 4.16. The summed E-state index contributed by atoms with van der Waals surface area (Å²) < 4.78 is 11.6. The molecule has 4 rings (SSSR count). The van der Waals surface area contributed by atoms with Gasteiger partial charge in [-0.3, -0.25) is 4.79 Å². The topological polar surface area (TPSA) is 51.5 Å². The Balaban J connectivity index is 1.61. The number of para-hydroxylation sites is 1. The number of benzene rings is 2. The highest BCUT2D eigenvalue weighted by molar-refractivity contribution is 5.80. The number of amides is 1. The van der Waals surface area contributed by atoms with Gasteiger partial charge in [0.15, 0.2) is 0 Å². The lowest BCUT2D eigenvalue weighted by Gasteiger charge is -2.18. The molecule has 0 unspecified atom stereocenters. The summed E-state index contributed by atoms with van der Waals surface area (Å²) in [5.41, 5.74) is 1.83. The van der Waals surface area contributed by atoms with Gasteiger partial charge in [0.2, 0.25) is 5.91 Å². The van der Waals surface area contributed by atoms with Gasteiger partial charge in [0.1, 0.15) is 17.4 Å². The number of carbonyl (C=O) groups excluding carboxylic acids is 1. The average Bonchev–Trinajstić information content (AvgIpc) is 3.29. The Labute approximate surface area is 146 Å². The van der Waals surface area contributed by atoms with Crippen molar-refractivity contribution in [3.8, 4) is 0 Å². The minimum Gasteiger partial charge on any atom is -0.459 e. The van der Waals surface area contributed by atoms with Crippen molar-refractivity contribution in [3.63, 3.8) is 0 Å². The summed E-state index contributed by atoms with van der Waals surface area (Å²) >= 11 is 0. The lowest BCUT2D eigenvalue weighted by atomic mass is 10.0. The fraction of sp³-hybridized carbons (Fsp3) is 0.286. The van der Waals surface area contributed by atoms with Gasteiger partial charge in [-0.25, -0.2) is 0 Å². The van der Waals surface area contributed by atoms with E-state index in [4.69, 9.17) is 9.15 Å². The molecule has 2 aromatic carbocycles. The smallest absolute Gasteiger partial charge is 0.223 e. The van der Waals surface area contributed by atoms with Crippen LogP contribution in [0.4, 0.5) is 0 Å². The highest BCUT2D eigenvalue weighted by Crippen LogP contribution is 2.28. The zero-order valence-electron chi connectivity index (χ0n) is 14.0. The maximum atomic E-state index is 12.5. The first-order chi connectivity index (χ1) is 12.3. The summed E-state index contributed by atoms with van der Waals surface area (Å²) in [6, 6.07) is 19.5. The molecular weight excluding hydrogens is 314 g/mol. The molecule has 1 aliphatic rings. The first kappa shape index (κ1) is 15.9. The first-order valence-corrected chi connectivity index (χ1v) is 8.74. The van der Waals surface area contributed by atoms with Gasteiger partial charge >= 0.3 is 0 Å². The molecule has 1 fully saturated rings. The standard InChI is InChI=1S/C21H21NO3/c23-20(14-17-10-6-12-24-17)22-21(15-7-2-1-3-8-15)19-13-16-9-4-5-11-18(16)25-19/h1-5,7-9,11,13,17,21H,6,10,12,14H2,(H,22,23)/t17-,21-/m0/s1. The van der Waals surface area contributed by atoms with Gasteiger partial charge in [-0.05, 0) is 30.5 Å². The summed E-state index contributed by atoms with van der Waals surface area (Å²) in [4.78, 5) is 12.5. The molecule has 128 valence electrons. The van der Waals surface area contributed by atoms with Crippen LogP contribution in [0, 0.1) is 0 Å². The first-order valence-electron chi connectivity index (χ1n) is 8.74. The summed E-state index contributed by atoms with van der Waals surface area (Å²) in [5.74, 6) is 0.731. The second-order valence-electron chi connectivity index (χ2n) is 6.44. The number of hydrogen-bond acceptors (Lipinski definition) is 3. The quantitative estimate of drug-likeness (QED) is 0.760. The Morgan fingerprint density at radius 2 is 1.92 bits per heavy atom. The molecule has 4 nitrogen and oxygen atoms in total. The molecule has 2 atom stereocenters. The minimum atomic E-state index is -0.303. The van der Waals surface area contributed by atoms with Crippen LogP contribution in [0.3, 0.4) is 0 Å². The van der Waals surface area contributed by atoms with E-state index < -0.39 is 0 Å². The predicted octanol–water partition coefficient (Wildman–Crippen LogP) is 4.21. The molecule has 1 N–H and O–H groups in total. The molecule has 1 saturated heterocycles. The van der Waals surface area contributed by atoms with Crippen molar-refractivity contribution in [2.45, 2.75) is 31.4 Å². The SMILES string of the molecule is O=C(C[C@@H]1CCCO1)N[C@@H](c1ccccc1)c1cc2ccccc2o1. The van der Waals surface area contributed by atoms with E-state index in [0.29, 0.717) is 6.42 Å². The lowest BCUT2D eigenvalue weighted by molar-refractivity contribution is -0.123. The lowest BCUT2D eigenvalue weighted by Crippen LogP contribution is -2.31. The maximum Gasteiger partial charge on any atom is 0.223 e. The van der Waals surface area contributed by atoms with Crippen molar-refractivity contribution in [2.75, 3.05) is 6.61 Å². The monoisotopic (exact) mass is 335 g/mol. The van der Waals surface area contributed by atoms with Crippen LogP contribution in [-0.4, -0.2) is 18.6 Å². The average molecular weight is 335 g/mol. The van der Waals surface area contributed by atoms with E-state index in [-0.39, 0.29) is 18.1 Å². The number of ether oxygens (including phenoxy) is 1. The molecule has 1 amide bonds. The maximum absolute atomic E-state index is 12.5. The summed E-state index contributed by atoms with van der Waals surface area (Å²) in [6.07, 6.45) is 2.41. The molecule has 3 aromatic rings. The van der Waals surface area contributed by atoms with Gasteiger partial charge in [-0.1, -0.05) is 48.5 Å². The predicted molar refractivity (Wildman–Crippen MR) is 96.2 cm³/mol. The van der Waals surface area contributed by atoms with E-state index >= 15 is 0 Å². The molecule has 1 aliphatic heterocycles. The second-order valence-corrected chi connectivity index (χ2v) is 6.44. The van der Waals surface area contributed by atoms with E-state index in [1.54, 1.807) is 0 Å². The number of hydrogen-bond donors (Lipinski definition) is 1.